The molecule has 0 unspecified atom stereocenters. The Morgan fingerprint density at radius 2 is 1.92 bits per heavy atom. The minimum Gasteiger partial charge on any atom is -0.481 e. The summed E-state index contributed by atoms with van der Waals surface area (Å²) in [5.41, 5.74) is 3.96. The molecule has 0 bridgehead atoms. The number of nitrogens with zero attached hydrogens (tertiary/aromatic N) is 1. The highest BCUT2D eigenvalue weighted by atomic mass is 16.5. The largest absolute Gasteiger partial charge is 0.481 e. The van der Waals surface area contributed by atoms with Crippen molar-refractivity contribution in [2.45, 2.75) is 33.3 Å². The van der Waals surface area contributed by atoms with E-state index in [1.54, 1.807) is 13.1 Å². The number of fused-ring (bicyclic) bond motifs is 1. The molecule has 0 aliphatic heterocycles. The van der Waals surface area contributed by atoms with E-state index < -0.39 is 6.10 Å². The smallest absolute Gasteiger partial charge is 0.265 e. The summed E-state index contributed by atoms with van der Waals surface area (Å²) in [4.78, 5) is 16.9. The first-order valence-electron chi connectivity index (χ1n) is 8.49. The molecule has 3 aromatic rings. The number of carbonyl (C=O) groups is 1. The molecule has 3 rings (SSSR count). The number of amides is 1. The summed E-state index contributed by atoms with van der Waals surface area (Å²) in [5.74, 6) is 0.504. The van der Waals surface area contributed by atoms with Gasteiger partial charge in [-0.25, -0.2) is 0 Å². The summed E-state index contributed by atoms with van der Waals surface area (Å²) in [6.07, 6.45) is 2.14. The summed E-state index contributed by atoms with van der Waals surface area (Å²) >= 11 is 0. The molecule has 1 atom stereocenters. The van der Waals surface area contributed by atoms with Crippen molar-refractivity contribution >= 4 is 22.5 Å². The normalized spacial score (nSPS) is 12.0. The molecule has 0 radical (unpaired) electrons. The Hall–Kier alpha value is -2.88. The molecule has 0 aliphatic rings. The monoisotopic (exact) mass is 334 g/mol. The lowest BCUT2D eigenvalue weighted by Crippen LogP contribution is -2.30. The molecule has 2 aromatic carbocycles. The van der Waals surface area contributed by atoms with E-state index in [-0.39, 0.29) is 5.91 Å². The van der Waals surface area contributed by atoms with Crippen LogP contribution in [-0.4, -0.2) is 17.0 Å². The Kier molecular flexibility index (Phi) is 4.98. The lowest BCUT2D eigenvalue weighted by molar-refractivity contribution is -0.122. The number of aryl methyl sites for hydroxylation is 2. The first-order valence-corrected chi connectivity index (χ1v) is 8.49. The molecule has 0 saturated heterocycles. The zero-order chi connectivity index (χ0) is 17.8. The molecule has 128 valence electrons. The molecule has 1 aromatic heterocycles. The van der Waals surface area contributed by atoms with E-state index >= 15 is 0 Å². The summed E-state index contributed by atoms with van der Waals surface area (Å²) in [7, 11) is 0. The zero-order valence-electron chi connectivity index (χ0n) is 14.7. The maximum atomic E-state index is 12.5. The fourth-order valence-electron chi connectivity index (χ4n) is 2.72. The quantitative estimate of drug-likeness (QED) is 0.747. The minimum atomic E-state index is -0.597. The van der Waals surface area contributed by atoms with Gasteiger partial charge in [-0.2, -0.15) is 0 Å². The molecule has 1 N–H and O–H groups in total. The SMILES string of the molecule is CCc1ccc(O[C@@H](C)C(=O)Nc2ccc(C)c3ncccc23)cc1. The zero-order valence-corrected chi connectivity index (χ0v) is 14.7. The third-order valence-electron chi connectivity index (χ3n) is 4.24. The predicted molar refractivity (Wildman–Crippen MR) is 101 cm³/mol. The first-order chi connectivity index (χ1) is 12.1. The average molecular weight is 334 g/mol. The predicted octanol–water partition coefficient (Wildman–Crippen LogP) is 4.51. The van der Waals surface area contributed by atoms with Crippen LogP contribution < -0.4 is 10.1 Å². The second-order valence-corrected chi connectivity index (χ2v) is 6.08. The van der Waals surface area contributed by atoms with Crippen molar-refractivity contribution in [1.82, 2.24) is 4.98 Å². The van der Waals surface area contributed by atoms with Crippen LogP contribution in [0, 0.1) is 6.92 Å². The van der Waals surface area contributed by atoms with Gasteiger partial charge in [0, 0.05) is 11.6 Å². The first kappa shape index (κ1) is 17.0. The highest BCUT2D eigenvalue weighted by Gasteiger charge is 2.16. The topological polar surface area (TPSA) is 51.2 Å². The van der Waals surface area contributed by atoms with Crippen molar-refractivity contribution < 1.29 is 9.53 Å². The second-order valence-electron chi connectivity index (χ2n) is 6.08. The maximum Gasteiger partial charge on any atom is 0.265 e. The molecule has 0 spiro atoms. The summed E-state index contributed by atoms with van der Waals surface area (Å²) in [5, 5.41) is 3.88. The van der Waals surface area contributed by atoms with E-state index in [0.717, 1.165) is 28.6 Å². The number of rotatable bonds is 5. The second kappa shape index (κ2) is 7.34. The van der Waals surface area contributed by atoms with Gasteiger partial charge in [0.2, 0.25) is 0 Å². The van der Waals surface area contributed by atoms with Crippen LogP contribution in [0.2, 0.25) is 0 Å². The lowest BCUT2D eigenvalue weighted by Gasteiger charge is -2.16. The third kappa shape index (κ3) is 3.79. The van der Waals surface area contributed by atoms with Crippen molar-refractivity contribution in [2.75, 3.05) is 5.32 Å². The van der Waals surface area contributed by atoms with Crippen molar-refractivity contribution in [3.05, 3.63) is 65.9 Å². The molecule has 4 heteroatoms. The number of benzene rings is 2. The van der Waals surface area contributed by atoms with Gasteiger partial charge >= 0.3 is 0 Å². The molecular weight excluding hydrogens is 312 g/mol. The van der Waals surface area contributed by atoms with E-state index in [2.05, 4.69) is 17.2 Å². The van der Waals surface area contributed by atoms with Crippen LogP contribution in [0.5, 0.6) is 5.75 Å². The van der Waals surface area contributed by atoms with Gasteiger partial charge in [0.15, 0.2) is 6.10 Å². The number of aromatic nitrogens is 1. The van der Waals surface area contributed by atoms with Crippen LogP contribution in [0.25, 0.3) is 10.9 Å². The molecule has 0 saturated carbocycles. The van der Waals surface area contributed by atoms with Crippen LogP contribution >= 0.6 is 0 Å². The molecule has 0 fully saturated rings. The number of pyridine rings is 1. The van der Waals surface area contributed by atoms with Gasteiger partial charge in [-0.15, -0.1) is 0 Å². The minimum absolute atomic E-state index is 0.187. The van der Waals surface area contributed by atoms with Gasteiger partial charge in [-0.05, 0) is 61.7 Å². The van der Waals surface area contributed by atoms with Crippen molar-refractivity contribution in [3.8, 4) is 5.75 Å². The molecule has 1 heterocycles. The number of hydrogen-bond donors (Lipinski definition) is 1. The summed E-state index contributed by atoms with van der Waals surface area (Å²) < 4.78 is 5.76. The standard InChI is InChI=1S/C21H22N2O2/c1-4-16-8-10-17(11-9-16)25-15(3)21(24)23-19-12-7-14(2)20-18(19)6-5-13-22-20/h5-13,15H,4H2,1-3H3,(H,23,24)/t15-/m0/s1. The molecule has 25 heavy (non-hydrogen) atoms. The Labute approximate surface area is 147 Å². The van der Waals surface area contributed by atoms with Gasteiger partial charge in [0.25, 0.3) is 5.91 Å². The molecule has 4 nitrogen and oxygen atoms in total. The van der Waals surface area contributed by atoms with Gasteiger partial charge in [-0.1, -0.05) is 25.1 Å². The van der Waals surface area contributed by atoms with E-state index in [9.17, 15) is 4.79 Å². The van der Waals surface area contributed by atoms with Gasteiger partial charge < -0.3 is 10.1 Å². The Morgan fingerprint density at radius 3 is 2.64 bits per heavy atom. The van der Waals surface area contributed by atoms with Crippen molar-refractivity contribution in [3.63, 3.8) is 0 Å². The Bertz CT molecular complexity index is 888. The maximum absolute atomic E-state index is 12.5. The summed E-state index contributed by atoms with van der Waals surface area (Å²) in [6.45, 7) is 5.86. The van der Waals surface area contributed by atoms with Crippen LogP contribution in [0.15, 0.2) is 54.7 Å². The fraction of sp³-hybridized carbons (Fsp3) is 0.238. The van der Waals surface area contributed by atoms with E-state index in [1.165, 1.54) is 5.56 Å². The van der Waals surface area contributed by atoms with Crippen LogP contribution in [0.4, 0.5) is 5.69 Å². The number of anilines is 1. The lowest BCUT2D eigenvalue weighted by atomic mass is 10.1. The van der Waals surface area contributed by atoms with Crippen LogP contribution in [0.3, 0.4) is 0 Å². The highest BCUT2D eigenvalue weighted by molar-refractivity contribution is 6.03. The van der Waals surface area contributed by atoms with Gasteiger partial charge in [-0.3, -0.25) is 9.78 Å². The van der Waals surface area contributed by atoms with E-state index in [1.807, 2.05) is 55.5 Å². The average Bonchev–Trinajstić information content (AvgIpc) is 2.64. The van der Waals surface area contributed by atoms with Crippen LogP contribution in [0.1, 0.15) is 25.0 Å². The van der Waals surface area contributed by atoms with E-state index in [4.69, 9.17) is 4.74 Å². The number of ether oxygens (including phenoxy) is 1. The van der Waals surface area contributed by atoms with Gasteiger partial charge in [0.1, 0.15) is 5.75 Å². The molecule has 0 aliphatic carbocycles. The molecular formula is C21H22N2O2. The number of carbonyl (C=O) groups excluding carboxylic acids is 1. The third-order valence-corrected chi connectivity index (χ3v) is 4.24. The highest BCUT2D eigenvalue weighted by Crippen LogP contribution is 2.25. The van der Waals surface area contributed by atoms with E-state index in [0.29, 0.717) is 5.75 Å². The summed E-state index contributed by atoms with van der Waals surface area (Å²) in [6, 6.07) is 15.5. The Balaban J connectivity index is 1.74. The number of hydrogen-bond acceptors (Lipinski definition) is 3. The Morgan fingerprint density at radius 1 is 1.16 bits per heavy atom. The molecule has 1 amide bonds. The van der Waals surface area contributed by atoms with Crippen LogP contribution in [-0.2, 0) is 11.2 Å². The van der Waals surface area contributed by atoms with Crippen molar-refractivity contribution in [1.29, 1.82) is 0 Å². The fourth-order valence-corrected chi connectivity index (χ4v) is 2.72. The van der Waals surface area contributed by atoms with Crippen molar-refractivity contribution in [2.24, 2.45) is 0 Å². The van der Waals surface area contributed by atoms with Gasteiger partial charge in [0.05, 0.1) is 11.2 Å². The number of nitrogens with one attached hydrogen (secondary N) is 1.